The van der Waals surface area contributed by atoms with Crippen molar-refractivity contribution in [3.05, 3.63) is 64.9 Å². The van der Waals surface area contributed by atoms with E-state index in [1.165, 1.54) is 12.1 Å². The average molecular weight is 604 g/mol. The minimum atomic E-state index is -4.71. The van der Waals surface area contributed by atoms with E-state index in [0.29, 0.717) is 48.1 Å². The van der Waals surface area contributed by atoms with Gasteiger partial charge in [0, 0.05) is 44.5 Å². The molecule has 2 aromatic carbocycles. The van der Waals surface area contributed by atoms with Gasteiger partial charge in [-0.15, -0.1) is 11.3 Å². The SMILES string of the molecule is CC1CN(c2ccc(F)cc2C(F)(F)F)CCN1c1ccccc1S(=O)(=O)c1cc(Cl)c(N2CCOCC2)s1. The molecule has 3 heterocycles. The number of anilines is 3. The smallest absolute Gasteiger partial charge is 0.378 e. The summed E-state index contributed by atoms with van der Waals surface area (Å²) in [6, 6.07) is 10.4. The zero-order valence-corrected chi connectivity index (χ0v) is 23.3. The Hall–Kier alpha value is -2.54. The van der Waals surface area contributed by atoms with Gasteiger partial charge in [0.2, 0.25) is 9.84 Å². The van der Waals surface area contributed by atoms with Crippen molar-refractivity contribution in [1.29, 1.82) is 0 Å². The molecule has 13 heteroatoms. The summed E-state index contributed by atoms with van der Waals surface area (Å²) in [5.41, 5.74) is -0.658. The molecule has 3 aromatic rings. The van der Waals surface area contributed by atoms with Crippen LogP contribution in [0.3, 0.4) is 0 Å². The molecule has 2 saturated heterocycles. The van der Waals surface area contributed by atoms with Crippen LogP contribution in [0.5, 0.6) is 0 Å². The minimum absolute atomic E-state index is 0.0971. The normalized spacial score (nSPS) is 19.0. The predicted octanol–water partition coefficient (Wildman–Crippen LogP) is 5.94. The van der Waals surface area contributed by atoms with Crippen LogP contribution in [0, 0.1) is 5.82 Å². The number of nitrogens with zero attached hydrogens (tertiary/aromatic N) is 3. The number of benzene rings is 2. The first-order chi connectivity index (χ1) is 18.5. The van der Waals surface area contributed by atoms with Crippen LogP contribution in [-0.2, 0) is 20.8 Å². The van der Waals surface area contributed by atoms with Crippen molar-refractivity contribution >= 4 is 49.2 Å². The van der Waals surface area contributed by atoms with Gasteiger partial charge in [0.05, 0.1) is 34.4 Å². The van der Waals surface area contributed by atoms with Gasteiger partial charge in [-0.25, -0.2) is 12.8 Å². The summed E-state index contributed by atoms with van der Waals surface area (Å²) in [5.74, 6) is -0.956. The lowest BCUT2D eigenvalue weighted by Gasteiger charge is -2.43. The second-order valence-corrected chi connectivity index (χ2v) is 13.0. The maximum atomic E-state index is 13.8. The number of alkyl halides is 3. The summed E-state index contributed by atoms with van der Waals surface area (Å²) >= 11 is 7.57. The summed E-state index contributed by atoms with van der Waals surface area (Å²) in [6.07, 6.45) is -4.71. The molecular weight excluding hydrogens is 578 g/mol. The van der Waals surface area contributed by atoms with Crippen LogP contribution in [0.15, 0.2) is 57.6 Å². The Balaban J connectivity index is 1.43. The van der Waals surface area contributed by atoms with E-state index in [1.807, 2.05) is 16.7 Å². The van der Waals surface area contributed by atoms with E-state index >= 15 is 0 Å². The lowest BCUT2D eigenvalue weighted by Crippen LogP contribution is -2.52. The Kier molecular flexibility index (Phi) is 7.75. The zero-order chi connectivity index (χ0) is 27.9. The second-order valence-electron chi connectivity index (χ2n) is 9.44. The maximum absolute atomic E-state index is 13.8. The summed E-state index contributed by atoms with van der Waals surface area (Å²) in [6.45, 7) is 4.77. The molecule has 0 spiro atoms. The molecule has 1 unspecified atom stereocenters. The third-order valence-corrected chi connectivity index (χ3v) is 10.8. The molecule has 2 aliphatic rings. The first kappa shape index (κ1) is 28.0. The van der Waals surface area contributed by atoms with Gasteiger partial charge in [-0.3, -0.25) is 0 Å². The van der Waals surface area contributed by atoms with E-state index < -0.39 is 27.4 Å². The predicted molar refractivity (Wildman–Crippen MR) is 145 cm³/mol. The van der Waals surface area contributed by atoms with Gasteiger partial charge >= 0.3 is 6.18 Å². The highest BCUT2D eigenvalue weighted by atomic mass is 35.5. The van der Waals surface area contributed by atoms with Crippen molar-refractivity contribution in [2.75, 3.05) is 60.6 Å². The van der Waals surface area contributed by atoms with Gasteiger partial charge in [-0.1, -0.05) is 23.7 Å². The summed E-state index contributed by atoms with van der Waals surface area (Å²) < 4.78 is 87.7. The fraction of sp³-hybridized carbons (Fsp3) is 0.385. The van der Waals surface area contributed by atoms with Crippen molar-refractivity contribution in [3.63, 3.8) is 0 Å². The van der Waals surface area contributed by atoms with Crippen LogP contribution in [-0.4, -0.2) is 60.4 Å². The van der Waals surface area contributed by atoms with Crippen LogP contribution >= 0.6 is 22.9 Å². The monoisotopic (exact) mass is 603 g/mol. The number of piperazine rings is 1. The van der Waals surface area contributed by atoms with E-state index in [1.54, 1.807) is 23.1 Å². The van der Waals surface area contributed by atoms with E-state index in [-0.39, 0.29) is 40.5 Å². The number of hydrogen-bond acceptors (Lipinski definition) is 7. The molecule has 0 bridgehead atoms. The summed E-state index contributed by atoms with van der Waals surface area (Å²) in [5, 5.41) is 1.04. The highest BCUT2D eigenvalue weighted by Crippen LogP contribution is 2.43. The molecule has 0 aliphatic carbocycles. The molecule has 0 radical (unpaired) electrons. The summed E-state index contributed by atoms with van der Waals surface area (Å²) in [7, 11) is -3.95. The number of ether oxygens (including phenoxy) is 1. The quantitative estimate of drug-likeness (QED) is 0.336. The highest BCUT2D eigenvalue weighted by Gasteiger charge is 2.37. The molecule has 1 atom stereocenters. The Bertz CT molecular complexity index is 1460. The van der Waals surface area contributed by atoms with Crippen molar-refractivity contribution in [3.8, 4) is 0 Å². The minimum Gasteiger partial charge on any atom is -0.378 e. The number of sulfone groups is 1. The first-order valence-corrected chi connectivity index (χ1v) is 15.0. The van der Waals surface area contributed by atoms with Crippen LogP contribution in [0.4, 0.5) is 33.9 Å². The molecule has 0 amide bonds. The third kappa shape index (κ3) is 5.57. The lowest BCUT2D eigenvalue weighted by atomic mass is 10.1. The Morgan fingerprint density at radius 1 is 0.974 bits per heavy atom. The molecule has 0 N–H and O–H groups in total. The number of halogens is 5. The van der Waals surface area contributed by atoms with Crippen LogP contribution in [0.25, 0.3) is 0 Å². The maximum Gasteiger partial charge on any atom is 0.418 e. The largest absolute Gasteiger partial charge is 0.418 e. The summed E-state index contributed by atoms with van der Waals surface area (Å²) in [4.78, 5) is 5.56. The number of rotatable bonds is 5. The van der Waals surface area contributed by atoms with Crippen LogP contribution in [0.1, 0.15) is 12.5 Å². The fourth-order valence-corrected chi connectivity index (χ4v) is 8.49. The van der Waals surface area contributed by atoms with Crippen molar-refractivity contribution < 1.29 is 30.7 Å². The van der Waals surface area contributed by atoms with Crippen molar-refractivity contribution in [2.24, 2.45) is 0 Å². The van der Waals surface area contributed by atoms with Crippen LogP contribution in [0.2, 0.25) is 5.02 Å². The zero-order valence-electron chi connectivity index (χ0n) is 20.9. The third-order valence-electron chi connectivity index (χ3n) is 6.91. The van der Waals surface area contributed by atoms with E-state index in [9.17, 15) is 26.0 Å². The fourth-order valence-electron chi connectivity index (χ4n) is 5.03. The van der Waals surface area contributed by atoms with Crippen molar-refractivity contribution in [1.82, 2.24) is 0 Å². The standard InChI is InChI=1S/C26H26ClF4N3O3S2/c1-17-16-33(21-7-6-18(28)14-19(21)26(29,30)31)8-9-34(17)22-4-2-3-5-23(22)39(35,36)24-15-20(27)25(38-24)32-10-12-37-13-11-32/h2-7,14-15,17H,8-13,16H2,1H3. The van der Waals surface area contributed by atoms with Crippen LogP contribution < -0.4 is 14.7 Å². The van der Waals surface area contributed by atoms with Gasteiger partial charge in [0.1, 0.15) is 15.0 Å². The molecule has 1 aromatic heterocycles. The molecule has 0 saturated carbocycles. The average Bonchev–Trinajstić information content (AvgIpc) is 3.31. The topological polar surface area (TPSA) is 53.1 Å². The van der Waals surface area contributed by atoms with E-state index in [0.717, 1.165) is 23.5 Å². The van der Waals surface area contributed by atoms with Gasteiger partial charge in [0.25, 0.3) is 0 Å². The molecule has 5 rings (SSSR count). The Morgan fingerprint density at radius 2 is 1.69 bits per heavy atom. The van der Waals surface area contributed by atoms with E-state index in [4.69, 9.17) is 16.3 Å². The molecule has 6 nitrogen and oxygen atoms in total. The number of morpholine rings is 1. The Labute approximate surface area is 233 Å². The molecule has 210 valence electrons. The van der Waals surface area contributed by atoms with Crippen molar-refractivity contribution in [2.45, 2.75) is 28.2 Å². The molecule has 2 aliphatic heterocycles. The second kappa shape index (κ2) is 10.8. The van der Waals surface area contributed by atoms with E-state index in [2.05, 4.69) is 0 Å². The van der Waals surface area contributed by atoms with Gasteiger partial charge < -0.3 is 19.4 Å². The van der Waals surface area contributed by atoms with Gasteiger partial charge in [0.15, 0.2) is 0 Å². The molecule has 39 heavy (non-hydrogen) atoms. The number of thiophene rings is 1. The molecule has 2 fully saturated rings. The van der Waals surface area contributed by atoms with Gasteiger partial charge in [-0.05, 0) is 43.3 Å². The lowest BCUT2D eigenvalue weighted by molar-refractivity contribution is -0.137. The number of para-hydroxylation sites is 1. The Morgan fingerprint density at radius 3 is 2.38 bits per heavy atom. The highest BCUT2D eigenvalue weighted by molar-refractivity contribution is 7.93. The molecular formula is C26H26ClF4N3O3S2. The van der Waals surface area contributed by atoms with Gasteiger partial charge in [-0.2, -0.15) is 13.2 Å². The number of hydrogen-bond donors (Lipinski definition) is 0. The first-order valence-electron chi connectivity index (χ1n) is 12.3.